The minimum atomic E-state index is -0.511. The molecule has 1 atom stereocenters. The molecular formula is C16H15ClO. The van der Waals surface area contributed by atoms with Gasteiger partial charge in [0, 0.05) is 5.02 Å². The molecule has 0 fully saturated rings. The lowest BCUT2D eigenvalue weighted by Gasteiger charge is -2.11. The maximum atomic E-state index is 9.89. The van der Waals surface area contributed by atoms with Crippen LogP contribution in [-0.2, 0) is 0 Å². The van der Waals surface area contributed by atoms with Crippen molar-refractivity contribution >= 4 is 23.3 Å². The van der Waals surface area contributed by atoms with Crippen LogP contribution in [0.25, 0.3) is 11.6 Å². The Balaban J connectivity index is 2.39. The second kappa shape index (κ2) is 5.85. The molecule has 0 heterocycles. The van der Waals surface area contributed by atoms with Crippen LogP contribution in [0.5, 0.6) is 0 Å². The summed E-state index contributed by atoms with van der Waals surface area (Å²) in [5.74, 6) is 0. The van der Waals surface area contributed by atoms with E-state index in [9.17, 15) is 5.11 Å². The molecule has 0 aliphatic carbocycles. The van der Waals surface area contributed by atoms with Crippen LogP contribution in [0.2, 0.25) is 5.02 Å². The summed E-state index contributed by atoms with van der Waals surface area (Å²) in [6.45, 7) is 1.77. The monoisotopic (exact) mass is 258 g/mol. The first-order valence-electron chi connectivity index (χ1n) is 5.87. The van der Waals surface area contributed by atoms with E-state index in [2.05, 4.69) is 0 Å². The number of rotatable bonds is 3. The lowest BCUT2D eigenvalue weighted by atomic mass is 9.99. The summed E-state index contributed by atoms with van der Waals surface area (Å²) in [6, 6.07) is 17.5. The number of halogens is 1. The van der Waals surface area contributed by atoms with Gasteiger partial charge in [0.1, 0.15) is 0 Å². The van der Waals surface area contributed by atoms with Crippen molar-refractivity contribution in [1.82, 2.24) is 0 Å². The average Bonchev–Trinajstić information content (AvgIpc) is 2.38. The summed E-state index contributed by atoms with van der Waals surface area (Å²) in [7, 11) is 0. The lowest BCUT2D eigenvalue weighted by Crippen LogP contribution is -2.03. The van der Waals surface area contributed by atoms with Crippen LogP contribution in [0.15, 0.2) is 54.6 Å². The number of hydrogen-bond acceptors (Lipinski definition) is 1. The molecule has 0 amide bonds. The summed E-state index contributed by atoms with van der Waals surface area (Å²) in [4.78, 5) is 0. The van der Waals surface area contributed by atoms with Gasteiger partial charge in [0.15, 0.2) is 0 Å². The van der Waals surface area contributed by atoms with E-state index in [1.807, 2.05) is 60.7 Å². The third-order valence-corrected chi connectivity index (χ3v) is 3.00. The van der Waals surface area contributed by atoms with Crippen LogP contribution in [-0.4, -0.2) is 11.2 Å². The van der Waals surface area contributed by atoms with Gasteiger partial charge in [0.2, 0.25) is 0 Å². The Labute approximate surface area is 112 Å². The summed E-state index contributed by atoms with van der Waals surface area (Å²) < 4.78 is 0. The molecule has 0 unspecified atom stereocenters. The Hall–Kier alpha value is -1.57. The van der Waals surface area contributed by atoms with Crippen LogP contribution < -0.4 is 0 Å². The first kappa shape index (κ1) is 12.9. The summed E-state index contributed by atoms with van der Waals surface area (Å²) in [5, 5.41) is 10.6. The molecule has 2 aromatic carbocycles. The number of aliphatic hydroxyl groups excluding tert-OH is 1. The van der Waals surface area contributed by atoms with Gasteiger partial charge in [0.25, 0.3) is 0 Å². The Bertz CT molecular complexity index is 527. The smallest absolute Gasteiger partial charge is 0.0767 e. The Morgan fingerprint density at radius 3 is 2.22 bits per heavy atom. The van der Waals surface area contributed by atoms with Crippen LogP contribution in [0.4, 0.5) is 0 Å². The van der Waals surface area contributed by atoms with Gasteiger partial charge in [-0.25, -0.2) is 0 Å². The molecular weight excluding hydrogens is 244 g/mol. The summed E-state index contributed by atoms with van der Waals surface area (Å²) in [6.07, 6.45) is 1.47. The highest BCUT2D eigenvalue weighted by atomic mass is 35.5. The van der Waals surface area contributed by atoms with Crippen molar-refractivity contribution in [3.05, 3.63) is 70.7 Å². The van der Waals surface area contributed by atoms with E-state index in [1.54, 1.807) is 6.92 Å². The topological polar surface area (TPSA) is 20.2 Å². The maximum Gasteiger partial charge on any atom is 0.0767 e. The van der Waals surface area contributed by atoms with Crippen molar-refractivity contribution in [2.75, 3.05) is 0 Å². The zero-order valence-corrected chi connectivity index (χ0v) is 10.9. The molecule has 0 bridgehead atoms. The number of benzene rings is 2. The van der Waals surface area contributed by atoms with E-state index in [1.165, 1.54) is 0 Å². The highest BCUT2D eigenvalue weighted by Crippen LogP contribution is 2.22. The maximum absolute atomic E-state index is 9.89. The lowest BCUT2D eigenvalue weighted by molar-refractivity contribution is 0.254. The molecule has 1 N–H and O–H groups in total. The molecule has 0 saturated carbocycles. The van der Waals surface area contributed by atoms with Crippen molar-refractivity contribution in [3.63, 3.8) is 0 Å². The summed E-state index contributed by atoms with van der Waals surface area (Å²) >= 11 is 5.86. The third-order valence-electron chi connectivity index (χ3n) is 2.75. The molecule has 0 aliphatic heterocycles. The molecule has 18 heavy (non-hydrogen) atoms. The molecule has 1 nitrogen and oxygen atoms in total. The molecule has 0 aliphatic rings. The highest BCUT2D eigenvalue weighted by Gasteiger charge is 2.07. The second-order valence-electron chi connectivity index (χ2n) is 4.19. The van der Waals surface area contributed by atoms with Gasteiger partial charge >= 0.3 is 0 Å². The van der Waals surface area contributed by atoms with Crippen molar-refractivity contribution < 1.29 is 5.11 Å². The van der Waals surface area contributed by atoms with Gasteiger partial charge in [0.05, 0.1) is 6.10 Å². The molecule has 0 aromatic heterocycles. The van der Waals surface area contributed by atoms with Gasteiger partial charge in [-0.1, -0.05) is 54.1 Å². The standard InChI is InChI=1S/C16H15ClO/c1-12(18)16(14-5-3-2-4-6-14)11-13-7-9-15(17)10-8-13/h2-12,18H,1H3/b16-11-/t12-/m1/s1. The molecule has 2 aromatic rings. The quantitative estimate of drug-likeness (QED) is 0.816. The van der Waals surface area contributed by atoms with Crippen molar-refractivity contribution in [2.24, 2.45) is 0 Å². The SMILES string of the molecule is C[C@@H](O)/C(=C/c1ccc(Cl)cc1)c1ccccc1. The molecule has 0 saturated heterocycles. The number of aliphatic hydroxyl groups is 1. The van der Waals surface area contributed by atoms with Crippen molar-refractivity contribution in [2.45, 2.75) is 13.0 Å². The fraction of sp³-hybridized carbons (Fsp3) is 0.125. The second-order valence-corrected chi connectivity index (χ2v) is 4.63. The zero-order valence-electron chi connectivity index (χ0n) is 10.2. The molecule has 2 rings (SSSR count). The largest absolute Gasteiger partial charge is 0.389 e. The highest BCUT2D eigenvalue weighted by molar-refractivity contribution is 6.30. The molecule has 92 valence electrons. The van der Waals surface area contributed by atoms with Gasteiger partial charge < -0.3 is 5.11 Å². The first-order valence-corrected chi connectivity index (χ1v) is 6.25. The van der Waals surface area contributed by atoms with Gasteiger partial charge in [-0.3, -0.25) is 0 Å². The zero-order chi connectivity index (χ0) is 13.0. The van der Waals surface area contributed by atoms with E-state index < -0.39 is 6.10 Å². The number of hydrogen-bond donors (Lipinski definition) is 1. The predicted octanol–water partition coefficient (Wildman–Crippen LogP) is 4.26. The first-order chi connectivity index (χ1) is 8.66. The van der Waals surface area contributed by atoms with E-state index in [4.69, 9.17) is 11.6 Å². The van der Waals surface area contributed by atoms with E-state index in [0.29, 0.717) is 5.02 Å². The minimum absolute atomic E-state index is 0.511. The van der Waals surface area contributed by atoms with Crippen LogP contribution in [0, 0.1) is 0 Å². The fourth-order valence-electron chi connectivity index (χ4n) is 1.81. The minimum Gasteiger partial charge on any atom is -0.389 e. The Kier molecular flexibility index (Phi) is 4.19. The fourth-order valence-corrected chi connectivity index (χ4v) is 1.94. The van der Waals surface area contributed by atoms with Crippen molar-refractivity contribution in [1.29, 1.82) is 0 Å². The van der Waals surface area contributed by atoms with E-state index in [-0.39, 0.29) is 0 Å². The molecule has 0 spiro atoms. The summed E-state index contributed by atoms with van der Waals surface area (Å²) in [5.41, 5.74) is 2.96. The molecule has 0 radical (unpaired) electrons. The normalized spacial score (nSPS) is 13.4. The van der Waals surface area contributed by atoms with Crippen LogP contribution >= 0.6 is 11.6 Å². The Morgan fingerprint density at radius 2 is 1.67 bits per heavy atom. The average molecular weight is 259 g/mol. The van der Waals surface area contributed by atoms with Gasteiger partial charge in [-0.05, 0) is 41.8 Å². The van der Waals surface area contributed by atoms with Crippen LogP contribution in [0.3, 0.4) is 0 Å². The molecule has 2 heteroatoms. The van der Waals surface area contributed by atoms with E-state index >= 15 is 0 Å². The Morgan fingerprint density at radius 1 is 1.06 bits per heavy atom. The van der Waals surface area contributed by atoms with E-state index in [0.717, 1.165) is 16.7 Å². The van der Waals surface area contributed by atoms with Crippen molar-refractivity contribution in [3.8, 4) is 0 Å². The van der Waals surface area contributed by atoms with Gasteiger partial charge in [-0.2, -0.15) is 0 Å². The van der Waals surface area contributed by atoms with Gasteiger partial charge in [-0.15, -0.1) is 0 Å². The van der Waals surface area contributed by atoms with Crippen LogP contribution in [0.1, 0.15) is 18.1 Å². The predicted molar refractivity (Wildman–Crippen MR) is 77.4 cm³/mol. The third kappa shape index (κ3) is 3.22.